The topological polar surface area (TPSA) is 26.0 Å². The second-order valence-electron chi connectivity index (χ2n) is 3.22. The summed E-state index contributed by atoms with van der Waals surface area (Å²) in [5.74, 6) is 1.94. The van der Waals surface area contributed by atoms with Crippen molar-refractivity contribution in [2.24, 2.45) is 0 Å². The third-order valence-electron chi connectivity index (χ3n) is 2.01. The molecule has 16 heavy (non-hydrogen) atoms. The molecule has 0 spiro atoms. The van der Waals surface area contributed by atoms with Crippen molar-refractivity contribution < 1.29 is 4.42 Å². The Balaban J connectivity index is 2.34. The highest BCUT2D eigenvalue weighted by atomic mass is 79.9. The van der Waals surface area contributed by atoms with Crippen molar-refractivity contribution in [2.75, 3.05) is 5.88 Å². The molecule has 0 aliphatic rings. The van der Waals surface area contributed by atoms with E-state index in [9.17, 15) is 0 Å². The summed E-state index contributed by atoms with van der Waals surface area (Å²) in [5.41, 5.74) is 0.981. The maximum Gasteiger partial charge on any atom is 0.196 e. The van der Waals surface area contributed by atoms with Crippen LogP contribution in [0.3, 0.4) is 0 Å². The van der Waals surface area contributed by atoms with Crippen LogP contribution in [0, 0.1) is 0 Å². The fourth-order valence-corrected chi connectivity index (χ4v) is 2.79. The Bertz CT molecular complexity index is 478. The van der Waals surface area contributed by atoms with Crippen LogP contribution < -0.4 is 0 Å². The molecular formula is C11H8Br2ClNO. The quantitative estimate of drug-likeness (QED) is 0.740. The molecule has 0 saturated carbocycles. The average Bonchev–Trinajstić information content (AvgIpc) is 2.65. The largest absolute Gasteiger partial charge is 0.441 e. The molecular weight excluding hydrogens is 357 g/mol. The van der Waals surface area contributed by atoms with Crippen LogP contribution in [0.1, 0.15) is 5.89 Å². The van der Waals surface area contributed by atoms with E-state index < -0.39 is 0 Å². The molecule has 2 aromatic rings. The Morgan fingerprint density at radius 1 is 1.19 bits per heavy atom. The third kappa shape index (κ3) is 2.87. The molecule has 0 saturated heterocycles. The average molecular weight is 365 g/mol. The number of aromatic nitrogens is 1. The van der Waals surface area contributed by atoms with E-state index in [0.717, 1.165) is 20.3 Å². The fraction of sp³-hybridized carbons (Fsp3) is 0.182. The molecule has 0 fully saturated rings. The van der Waals surface area contributed by atoms with Gasteiger partial charge < -0.3 is 4.42 Å². The van der Waals surface area contributed by atoms with E-state index in [2.05, 4.69) is 36.8 Å². The lowest BCUT2D eigenvalue weighted by Gasteiger charge is -1.99. The van der Waals surface area contributed by atoms with Gasteiger partial charge in [-0.3, -0.25) is 0 Å². The van der Waals surface area contributed by atoms with Gasteiger partial charge in [0.2, 0.25) is 0 Å². The number of alkyl halides is 1. The Kier molecular flexibility index (Phi) is 4.05. The van der Waals surface area contributed by atoms with Gasteiger partial charge in [0, 0.05) is 26.8 Å². The van der Waals surface area contributed by atoms with Gasteiger partial charge in [-0.2, -0.15) is 0 Å². The molecule has 1 aromatic heterocycles. The van der Waals surface area contributed by atoms with E-state index in [1.165, 1.54) is 0 Å². The standard InChI is InChI=1S/C11H8Br2ClNO/c12-8-3-7(4-9(13)5-8)10-6-15-11(16-10)1-2-14/h3-6H,1-2H2. The van der Waals surface area contributed by atoms with E-state index in [1.54, 1.807) is 6.20 Å². The lowest BCUT2D eigenvalue weighted by atomic mass is 10.2. The Morgan fingerprint density at radius 3 is 2.50 bits per heavy atom. The van der Waals surface area contributed by atoms with Gasteiger partial charge in [-0.25, -0.2) is 4.98 Å². The number of hydrogen-bond acceptors (Lipinski definition) is 2. The SMILES string of the molecule is ClCCc1ncc(-c2cc(Br)cc(Br)c2)o1. The smallest absolute Gasteiger partial charge is 0.196 e. The van der Waals surface area contributed by atoms with Crippen molar-refractivity contribution in [3.63, 3.8) is 0 Å². The predicted molar refractivity (Wildman–Crippen MR) is 71.8 cm³/mol. The first-order valence-electron chi connectivity index (χ1n) is 4.66. The summed E-state index contributed by atoms with van der Waals surface area (Å²) in [6.45, 7) is 0. The molecule has 0 aliphatic carbocycles. The molecule has 0 atom stereocenters. The summed E-state index contributed by atoms with van der Waals surface area (Å²) < 4.78 is 7.57. The summed E-state index contributed by atoms with van der Waals surface area (Å²) >= 11 is 12.5. The molecule has 0 unspecified atom stereocenters. The van der Waals surface area contributed by atoms with Gasteiger partial charge in [-0.05, 0) is 18.2 Å². The maximum atomic E-state index is 5.63. The first-order valence-corrected chi connectivity index (χ1v) is 6.78. The van der Waals surface area contributed by atoms with Crippen molar-refractivity contribution in [3.8, 4) is 11.3 Å². The van der Waals surface area contributed by atoms with Crippen LogP contribution >= 0.6 is 43.5 Å². The molecule has 1 heterocycles. The highest BCUT2D eigenvalue weighted by Gasteiger charge is 2.07. The van der Waals surface area contributed by atoms with Crippen molar-refractivity contribution >= 4 is 43.5 Å². The number of halogens is 3. The third-order valence-corrected chi connectivity index (χ3v) is 3.11. The fourth-order valence-electron chi connectivity index (χ4n) is 1.34. The van der Waals surface area contributed by atoms with E-state index >= 15 is 0 Å². The van der Waals surface area contributed by atoms with Gasteiger partial charge in [0.1, 0.15) is 0 Å². The molecule has 0 aliphatic heterocycles. The number of hydrogen-bond donors (Lipinski definition) is 0. The number of aryl methyl sites for hydroxylation is 1. The number of benzene rings is 1. The molecule has 5 heteroatoms. The van der Waals surface area contributed by atoms with Crippen molar-refractivity contribution in [3.05, 3.63) is 39.2 Å². The second kappa shape index (κ2) is 5.34. The minimum Gasteiger partial charge on any atom is -0.441 e. The molecule has 0 N–H and O–H groups in total. The predicted octanol–water partition coefficient (Wildman–Crippen LogP) is 4.65. The summed E-state index contributed by atoms with van der Waals surface area (Å²) in [7, 11) is 0. The van der Waals surface area contributed by atoms with Crippen molar-refractivity contribution in [2.45, 2.75) is 6.42 Å². The Hall–Kier alpha value is -0.320. The monoisotopic (exact) mass is 363 g/mol. The first kappa shape index (κ1) is 12.1. The zero-order chi connectivity index (χ0) is 11.5. The van der Waals surface area contributed by atoms with Gasteiger partial charge in [0.15, 0.2) is 11.7 Å². The van der Waals surface area contributed by atoms with Crippen LogP contribution in [0.5, 0.6) is 0 Å². The minimum atomic E-state index is 0.516. The van der Waals surface area contributed by atoms with Gasteiger partial charge in [0.05, 0.1) is 6.20 Å². The first-order chi connectivity index (χ1) is 7.69. The van der Waals surface area contributed by atoms with Crippen LogP contribution in [-0.4, -0.2) is 10.9 Å². The second-order valence-corrected chi connectivity index (χ2v) is 5.42. The highest BCUT2D eigenvalue weighted by molar-refractivity contribution is 9.11. The molecule has 0 bridgehead atoms. The van der Waals surface area contributed by atoms with Gasteiger partial charge in [-0.15, -0.1) is 11.6 Å². The lowest BCUT2D eigenvalue weighted by Crippen LogP contribution is -1.83. The van der Waals surface area contributed by atoms with Crippen molar-refractivity contribution in [1.82, 2.24) is 4.98 Å². The Morgan fingerprint density at radius 2 is 1.88 bits per heavy atom. The molecule has 84 valence electrons. The van der Waals surface area contributed by atoms with Crippen LogP contribution in [0.15, 0.2) is 37.8 Å². The molecule has 2 rings (SSSR count). The van der Waals surface area contributed by atoms with E-state index in [1.807, 2.05) is 18.2 Å². The normalized spacial score (nSPS) is 10.7. The molecule has 0 radical (unpaired) electrons. The minimum absolute atomic E-state index is 0.516. The molecule has 0 amide bonds. The number of oxazole rings is 1. The van der Waals surface area contributed by atoms with E-state index in [4.69, 9.17) is 16.0 Å². The number of nitrogens with zero attached hydrogens (tertiary/aromatic N) is 1. The number of rotatable bonds is 3. The summed E-state index contributed by atoms with van der Waals surface area (Å²) in [4.78, 5) is 4.16. The van der Waals surface area contributed by atoms with Gasteiger partial charge in [0.25, 0.3) is 0 Å². The van der Waals surface area contributed by atoms with Crippen LogP contribution in [0.25, 0.3) is 11.3 Å². The highest BCUT2D eigenvalue weighted by Crippen LogP contribution is 2.28. The van der Waals surface area contributed by atoms with Crippen molar-refractivity contribution in [1.29, 1.82) is 0 Å². The van der Waals surface area contributed by atoms with Crippen LogP contribution in [0.2, 0.25) is 0 Å². The lowest BCUT2D eigenvalue weighted by molar-refractivity contribution is 0.514. The zero-order valence-corrected chi connectivity index (χ0v) is 12.1. The zero-order valence-electron chi connectivity index (χ0n) is 8.21. The van der Waals surface area contributed by atoms with E-state index in [0.29, 0.717) is 18.2 Å². The van der Waals surface area contributed by atoms with Gasteiger partial charge in [-0.1, -0.05) is 31.9 Å². The maximum absolute atomic E-state index is 5.63. The van der Waals surface area contributed by atoms with Crippen LogP contribution in [-0.2, 0) is 6.42 Å². The summed E-state index contributed by atoms with van der Waals surface area (Å²) in [5, 5.41) is 0. The summed E-state index contributed by atoms with van der Waals surface area (Å²) in [6, 6.07) is 5.94. The molecule has 1 aromatic carbocycles. The van der Waals surface area contributed by atoms with Gasteiger partial charge >= 0.3 is 0 Å². The Labute approximate surface area is 115 Å². The van der Waals surface area contributed by atoms with E-state index in [-0.39, 0.29) is 0 Å². The summed E-state index contributed by atoms with van der Waals surface area (Å²) in [6.07, 6.45) is 2.37. The van der Waals surface area contributed by atoms with Crippen LogP contribution in [0.4, 0.5) is 0 Å². The molecule has 2 nitrogen and oxygen atoms in total.